The third-order valence-corrected chi connectivity index (χ3v) is 4.58. The Kier molecular flexibility index (Phi) is 3.86. The summed E-state index contributed by atoms with van der Waals surface area (Å²) < 4.78 is 15.9. The molecule has 124 valence electrons. The standard InChI is InChI=1S/C17H17ClFN5/c1-22-4-6-23(7-5-22)14-9-12(8-13(19)10-14)15-11-20-17-3-2-16(18)21-24(15)17/h2-3,8-11H,4-7H2,1H3. The molecule has 2 aromatic heterocycles. The average molecular weight is 346 g/mol. The topological polar surface area (TPSA) is 36.7 Å². The van der Waals surface area contributed by atoms with Gasteiger partial charge in [0, 0.05) is 37.4 Å². The summed E-state index contributed by atoms with van der Waals surface area (Å²) in [4.78, 5) is 8.79. The summed E-state index contributed by atoms with van der Waals surface area (Å²) in [7, 11) is 2.10. The average Bonchev–Trinajstić information content (AvgIpc) is 2.98. The van der Waals surface area contributed by atoms with Crippen molar-refractivity contribution in [3.05, 3.63) is 47.5 Å². The van der Waals surface area contributed by atoms with Gasteiger partial charge in [0.15, 0.2) is 5.65 Å². The highest BCUT2D eigenvalue weighted by atomic mass is 35.5. The summed E-state index contributed by atoms with van der Waals surface area (Å²) in [6, 6.07) is 8.55. The number of likely N-dealkylation sites (N-methyl/N-ethyl adjacent to an activating group) is 1. The lowest BCUT2D eigenvalue weighted by atomic mass is 10.1. The Morgan fingerprint density at radius 2 is 1.88 bits per heavy atom. The van der Waals surface area contributed by atoms with E-state index >= 15 is 0 Å². The molecule has 5 nitrogen and oxygen atoms in total. The van der Waals surface area contributed by atoms with Crippen LogP contribution in [0.5, 0.6) is 0 Å². The van der Waals surface area contributed by atoms with Crippen molar-refractivity contribution in [1.29, 1.82) is 0 Å². The van der Waals surface area contributed by atoms with Crippen LogP contribution >= 0.6 is 11.6 Å². The molecule has 1 aromatic carbocycles. The van der Waals surface area contributed by atoms with Crippen molar-refractivity contribution >= 4 is 22.9 Å². The van der Waals surface area contributed by atoms with E-state index in [1.807, 2.05) is 6.07 Å². The van der Waals surface area contributed by atoms with Crippen LogP contribution in [0.1, 0.15) is 0 Å². The third kappa shape index (κ3) is 2.83. The Balaban J connectivity index is 1.76. The van der Waals surface area contributed by atoms with E-state index in [0.717, 1.165) is 43.1 Å². The zero-order valence-corrected chi connectivity index (χ0v) is 14.0. The zero-order valence-electron chi connectivity index (χ0n) is 13.3. The van der Waals surface area contributed by atoms with Crippen LogP contribution in [0.4, 0.5) is 10.1 Å². The predicted octanol–water partition coefficient (Wildman–Crippen LogP) is 2.94. The van der Waals surface area contributed by atoms with Crippen LogP contribution in [-0.2, 0) is 0 Å². The van der Waals surface area contributed by atoms with E-state index < -0.39 is 0 Å². The van der Waals surface area contributed by atoms with Crippen molar-refractivity contribution in [3.63, 3.8) is 0 Å². The van der Waals surface area contributed by atoms with Gasteiger partial charge in [-0.15, -0.1) is 0 Å². The summed E-state index contributed by atoms with van der Waals surface area (Å²) in [5.41, 5.74) is 3.03. The molecule has 1 saturated heterocycles. The molecule has 0 saturated carbocycles. The Morgan fingerprint density at radius 3 is 2.67 bits per heavy atom. The first-order valence-electron chi connectivity index (χ1n) is 7.85. The molecule has 4 rings (SSSR count). The maximum Gasteiger partial charge on any atom is 0.154 e. The molecule has 0 amide bonds. The lowest BCUT2D eigenvalue weighted by Gasteiger charge is -2.34. The van der Waals surface area contributed by atoms with Crippen molar-refractivity contribution in [3.8, 4) is 11.3 Å². The Hall–Kier alpha value is -2.18. The SMILES string of the molecule is CN1CCN(c2cc(F)cc(-c3cnc4ccc(Cl)nn34)c2)CC1. The van der Waals surface area contributed by atoms with Gasteiger partial charge < -0.3 is 9.80 Å². The number of halogens is 2. The lowest BCUT2D eigenvalue weighted by molar-refractivity contribution is 0.313. The van der Waals surface area contributed by atoms with Gasteiger partial charge in [0.2, 0.25) is 0 Å². The van der Waals surface area contributed by atoms with Gasteiger partial charge in [0.05, 0.1) is 11.9 Å². The Labute approximate surface area is 144 Å². The van der Waals surface area contributed by atoms with Crippen molar-refractivity contribution in [2.75, 3.05) is 38.1 Å². The number of aromatic nitrogens is 3. The Morgan fingerprint density at radius 1 is 1.08 bits per heavy atom. The molecule has 0 bridgehead atoms. The third-order valence-electron chi connectivity index (χ3n) is 4.38. The monoisotopic (exact) mass is 345 g/mol. The van der Waals surface area contributed by atoms with Crippen LogP contribution in [0.15, 0.2) is 36.5 Å². The van der Waals surface area contributed by atoms with Crippen LogP contribution in [-0.4, -0.2) is 52.7 Å². The molecule has 0 N–H and O–H groups in total. The summed E-state index contributed by atoms with van der Waals surface area (Å²) in [6.07, 6.45) is 1.70. The molecular weight excluding hydrogens is 329 g/mol. The van der Waals surface area contributed by atoms with Crippen LogP contribution in [0, 0.1) is 5.82 Å². The zero-order chi connectivity index (χ0) is 16.7. The number of piperazine rings is 1. The van der Waals surface area contributed by atoms with Crippen molar-refractivity contribution in [2.45, 2.75) is 0 Å². The highest BCUT2D eigenvalue weighted by Crippen LogP contribution is 2.27. The van der Waals surface area contributed by atoms with Gasteiger partial charge in [-0.25, -0.2) is 13.9 Å². The second-order valence-corrected chi connectivity index (χ2v) is 6.45. The first-order valence-corrected chi connectivity index (χ1v) is 8.23. The summed E-state index contributed by atoms with van der Waals surface area (Å²) >= 11 is 5.99. The maximum atomic E-state index is 14.2. The van der Waals surface area contributed by atoms with Gasteiger partial charge in [0.1, 0.15) is 11.0 Å². The molecule has 1 aliphatic heterocycles. The number of anilines is 1. The summed E-state index contributed by atoms with van der Waals surface area (Å²) in [6.45, 7) is 3.71. The van der Waals surface area contributed by atoms with E-state index in [4.69, 9.17) is 11.6 Å². The van der Waals surface area contributed by atoms with Crippen LogP contribution < -0.4 is 4.90 Å². The minimum atomic E-state index is -0.265. The summed E-state index contributed by atoms with van der Waals surface area (Å²) in [5.74, 6) is -0.265. The fraction of sp³-hybridized carbons (Fsp3) is 0.294. The highest BCUT2D eigenvalue weighted by molar-refractivity contribution is 6.29. The molecule has 1 aliphatic rings. The molecule has 0 unspecified atom stereocenters. The van der Waals surface area contributed by atoms with Gasteiger partial charge in [0.25, 0.3) is 0 Å². The fourth-order valence-electron chi connectivity index (χ4n) is 3.02. The molecule has 0 atom stereocenters. The van der Waals surface area contributed by atoms with Gasteiger partial charge in [-0.2, -0.15) is 5.10 Å². The molecular formula is C17H17ClFN5. The molecule has 0 radical (unpaired) electrons. The van der Waals surface area contributed by atoms with E-state index in [0.29, 0.717) is 10.8 Å². The van der Waals surface area contributed by atoms with Crippen molar-refractivity contribution in [2.24, 2.45) is 0 Å². The molecule has 3 heterocycles. The minimum Gasteiger partial charge on any atom is -0.369 e. The van der Waals surface area contributed by atoms with Gasteiger partial charge in [-0.05, 0) is 37.4 Å². The van der Waals surface area contributed by atoms with Gasteiger partial charge in [-0.3, -0.25) is 0 Å². The smallest absolute Gasteiger partial charge is 0.154 e. The fourth-order valence-corrected chi connectivity index (χ4v) is 3.16. The molecule has 0 spiro atoms. The number of imidazole rings is 1. The van der Waals surface area contributed by atoms with Crippen molar-refractivity contribution < 1.29 is 4.39 Å². The number of hydrogen-bond acceptors (Lipinski definition) is 4. The molecule has 24 heavy (non-hydrogen) atoms. The predicted molar refractivity (Wildman–Crippen MR) is 93.1 cm³/mol. The normalized spacial score (nSPS) is 16.0. The highest BCUT2D eigenvalue weighted by Gasteiger charge is 2.17. The number of fused-ring (bicyclic) bond motifs is 1. The lowest BCUT2D eigenvalue weighted by Crippen LogP contribution is -2.44. The molecule has 3 aromatic rings. The minimum absolute atomic E-state index is 0.265. The van der Waals surface area contributed by atoms with Crippen molar-refractivity contribution in [1.82, 2.24) is 19.5 Å². The number of nitrogens with zero attached hydrogens (tertiary/aromatic N) is 5. The van der Waals surface area contributed by atoms with Crippen LogP contribution in [0.3, 0.4) is 0 Å². The molecule has 7 heteroatoms. The number of hydrogen-bond donors (Lipinski definition) is 0. The summed E-state index contributed by atoms with van der Waals surface area (Å²) in [5, 5.41) is 4.64. The van der Waals surface area contributed by atoms with E-state index in [1.165, 1.54) is 6.07 Å². The van der Waals surface area contributed by atoms with E-state index in [2.05, 4.69) is 26.9 Å². The van der Waals surface area contributed by atoms with Crippen LogP contribution in [0.2, 0.25) is 5.15 Å². The largest absolute Gasteiger partial charge is 0.369 e. The van der Waals surface area contributed by atoms with Gasteiger partial charge in [-0.1, -0.05) is 11.6 Å². The molecule has 1 fully saturated rings. The van der Waals surface area contributed by atoms with E-state index in [-0.39, 0.29) is 5.82 Å². The van der Waals surface area contributed by atoms with E-state index in [9.17, 15) is 4.39 Å². The van der Waals surface area contributed by atoms with E-state index in [1.54, 1.807) is 28.9 Å². The first kappa shape index (κ1) is 15.4. The second-order valence-electron chi connectivity index (χ2n) is 6.06. The first-order chi connectivity index (χ1) is 11.6. The molecule has 0 aliphatic carbocycles. The van der Waals surface area contributed by atoms with Gasteiger partial charge >= 0.3 is 0 Å². The Bertz CT molecular complexity index is 886. The number of rotatable bonds is 2. The van der Waals surface area contributed by atoms with Crippen LogP contribution in [0.25, 0.3) is 16.9 Å². The second kappa shape index (κ2) is 6.03. The maximum absolute atomic E-state index is 14.2. The number of benzene rings is 1. The quantitative estimate of drug-likeness (QED) is 0.715.